The minimum atomic E-state index is -4.81. The lowest BCUT2D eigenvalue weighted by atomic mass is 10.2. The molecule has 27 heavy (non-hydrogen) atoms. The number of aromatic hydroxyl groups is 1. The van der Waals surface area contributed by atoms with Crippen molar-refractivity contribution < 1.29 is 23.0 Å². The van der Waals surface area contributed by atoms with Crippen LogP contribution in [0.5, 0.6) is 11.6 Å². The van der Waals surface area contributed by atoms with Gasteiger partial charge in [-0.25, -0.2) is 9.36 Å². The molecule has 0 spiro atoms. The first-order chi connectivity index (χ1) is 12.7. The smallest absolute Gasteiger partial charge is 0.493 e. The largest absolute Gasteiger partial charge is 0.573 e. The van der Waals surface area contributed by atoms with Gasteiger partial charge < -0.3 is 15.6 Å². The molecule has 0 bridgehead atoms. The van der Waals surface area contributed by atoms with Gasteiger partial charge in [-0.1, -0.05) is 0 Å². The summed E-state index contributed by atoms with van der Waals surface area (Å²) >= 11 is 0. The second-order valence-electron chi connectivity index (χ2n) is 5.73. The topological polar surface area (TPSA) is 95.3 Å². The summed E-state index contributed by atoms with van der Waals surface area (Å²) in [6.45, 7) is 1.65. The molecule has 0 saturated heterocycles. The van der Waals surface area contributed by atoms with Crippen molar-refractivity contribution in [1.29, 1.82) is 0 Å². The van der Waals surface area contributed by atoms with Crippen LogP contribution in [0.1, 0.15) is 11.3 Å². The first-order valence-electron chi connectivity index (χ1n) is 7.73. The molecule has 0 atom stereocenters. The number of halogens is 3. The molecule has 0 fully saturated rings. The highest BCUT2D eigenvalue weighted by molar-refractivity contribution is 5.45. The lowest BCUT2D eigenvalue weighted by molar-refractivity contribution is -0.274. The summed E-state index contributed by atoms with van der Waals surface area (Å²) in [5, 5.41) is 10.3. The van der Waals surface area contributed by atoms with Crippen LogP contribution in [0.25, 0.3) is 5.69 Å². The Morgan fingerprint density at radius 2 is 1.89 bits per heavy atom. The molecule has 0 aliphatic heterocycles. The van der Waals surface area contributed by atoms with Gasteiger partial charge >= 0.3 is 12.1 Å². The number of nitrogens with zero attached hydrogens (tertiary/aromatic N) is 3. The molecule has 0 unspecified atom stereocenters. The van der Waals surface area contributed by atoms with Gasteiger partial charge in [0, 0.05) is 6.20 Å². The molecule has 0 aliphatic rings. The number of aromatic nitrogens is 3. The van der Waals surface area contributed by atoms with Crippen LogP contribution >= 0.6 is 0 Å². The fourth-order valence-corrected chi connectivity index (χ4v) is 2.60. The maximum Gasteiger partial charge on any atom is 0.573 e. The zero-order valence-electron chi connectivity index (χ0n) is 14.1. The van der Waals surface area contributed by atoms with Crippen LogP contribution in [-0.4, -0.2) is 25.6 Å². The molecular formula is C17H15F3N4O3. The van der Waals surface area contributed by atoms with Gasteiger partial charge in [-0.15, -0.1) is 13.2 Å². The minimum Gasteiger partial charge on any atom is -0.493 e. The molecule has 3 rings (SSSR count). The molecule has 3 aromatic rings. The summed E-state index contributed by atoms with van der Waals surface area (Å²) < 4.78 is 42.9. The number of rotatable bonds is 4. The fraction of sp³-hybridized carbons (Fsp3) is 0.176. The van der Waals surface area contributed by atoms with E-state index in [0.717, 1.165) is 16.7 Å². The number of nitrogens with two attached hydrogens (primary N) is 1. The Kier molecular flexibility index (Phi) is 4.56. The highest BCUT2D eigenvalue weighted by Crippen LogP contribution is 2.26. The first kappa shape index (κ1) is 18.4. The molecule has 142 valence electrons. The molecule has 7 nitrogen and oxygen atoms in total. The number of hydrogen-bond donors (Lipinski definition) is 2. The number of anilines is 1. The van der Waals surface area contributed by atoms with Crippen LogP contribution in [0.4, 0.5) is 18.9 Å². The Morgan fingerprint density at radius 1 is 1.22 bits per heavy atom. The van der Waals surface area contributed by atoms with Gasteiger partial charge in [0.1, 0.15) is 5.75 Å². The molecule has 1 aromatic carbocycles. The van der Waals surface area contributed by atoms with Crippen molar-refractivity contribution in [1.82, 2.24) is 14.1 Å². The maximum atomic E-state index is 12.7. The van der Waals surface area contributed by atoms with Crippen molar-refractivity contribution in [2.45, 2.75) is 19.8 Å². The SMILES string of the molecule is Cc1c(O)n(-c2ccc(OC(F)(F)F)cc2)c(=O)n1Cc1ccncc1N. The van der Waals surface area contributed by atoms with E-state index < -0.39 is 17.8 Å². The van der Waals surface area contributed by atoms with Crippen LogP contribution < -0.4 is 16.2 Å². The third kappa shape index (κ3) is 3.73. The number of nitrogen functional groups attached to an aromatic ring is 1. The van der Waals surface area contributed by atoms with Gasteiger partial charge in [0.05, 0.1) is 29.8 Å². The predicted octanol–water partition coefficient (Wildman–Crippen LogP) is 2.58. The second-order valence-corrected chi connectivity index (χ2v) is 5.73. The van der Waals surface area contributed by atoms with Crippen molar-refractivity contribution >= 4 is 5.69 Å². The zero-order valence-corrected chi connectivity index (χ0v) is 14.1. The number of pyridine rings is 1. The third-order valence-corrected chi connectivity index (χ3v) is 3.97. The van der Waals surface area contributed by atoms with Gasteiger partial charge in [0.25, 0.3) is 0 Å². The van der Waals surface area contributed by atoms with Crippen molar-refractivity contribution in [3.05, 3.63) is 64.5 Å². The van der Waals surface area contributed by atoms with E-state index in [1.54, 1.807) is 13.0 Å². The summed E-state index contributed by atoms with van der Waals surface area (Å²) in [7, 11) is 0. The monoisotopic (exact) mass is 380 g/mol. The Morgan fingerprint density at radius 3 is 2.48 bits per heavy atom. The first-order valence-corrected chi connectivity index (χ1v) is 7.73. The van der Waals surface area contributed by atoms with Gasteiger partial charge in [-0.2, -0.15) is 0 Å². The number of benzene rings is 1. The van der Waals surface area contributed by atoms with Gasteiger partial charge in [-0.3, -0.25) is 9.55 Å². The lowest BCUT2D eigenvalue weighted by Gasteiger charge is -2.09. The molecule has 0 amide bonds. The van der Waals surface area contributed by atoms with Gasteiger partial charge in [0.15, 0.2) is 0 Å². The standard InChI is InChI=1S/C17H15F3N4O3/c1-10-15(25)24(12-2-4-13(5-3-12)27-17(18,19)20)16(26)23(10)9-11-6-7-22-8-14(11)21/h2-8,25H,9,21H2,1H3. The highest BCUT2D eigenvalue weighted by Gasteiger charge is 2.31. The fourth-order valence-electron chi connectivity index (χ4n) is 2.60. The zero-order chi connectivity index (χ0) is 19.8. The van der Waals surface area contributed by atoms with E-state index in [4.69, 9.17) is 5.73 Å². The Bertz CT molecular complexity index is 1020. The minimum absolute atomic E-state index is 0.106. The molecule has 3 N–H and O–H groups in total. The number of imidazole rings is 1. The van der Waals surface area contributed by atoms with Crippen molar-refractivity contribution in [3.63, 3.8) is 0 Å². The van der Waals surface area contributed by atoms with Crippen LogP contribution in [0, 0.1) is 6.92 Å². The molecule has 2 aromatic heterocycles. The molecule has 10 heteroatoms. The average Bonchev–Trinajstić information content (AvgIpc) is 2.80. The quantitative estimate of drug-likeness (QED) is 0.725. The lowest BCUT2D eigenvalue weighted by Crippen LogP contribution is -2.24. The maximum absolute atomic E-state index is 12.7. The summed E-state index contributed by atoms with van der Waals surface area (Å²) in [6.07, 6.45) is -1.83. The van der Waals surface area contributed by atoms with Crippen LogP contribution in [0.2, 0.25) is 0 Å². The Balaban J connectivity index is 1.98. The summed E-state index contributed by atoms with van der Waals surface area (Å²) in [6, 6.07) is 6.25. The van der Waals surface area contributed by atoms with Crippen LogP contribution in [0.3, 0.4) is 0 Å². The van der Waals surface area contributed by atoms with E-state index in [0.29, 0.717) is 11.3 Å². The van der Waals surface area contributed by atoms with E-state index in [1.807, 2.05) is 0 Å². The number of alkyl halides is 3. The predicted molar refractivity (Wildman–Crippen MR) is 90.9 cm³/mol. The average molecular weight is 380 g/mol. The van der Waals surface area contributed by atoms with Gasteiger partial charge in [-0.05, 0) is 42.8 Å². The molecule has 2 heterocycles. The molecular weight excluding hydrogens is 365 g/mol. The van der Waals surface area contributed by atoms with Crippen molar-refractivity contribution in [2.24, 2.45) is 0 Å². The molecule has 0 radical (unpaired) electrons. The highest BCUT2D eigenvalue weighted by atomic mass is 19.4. The molecule has 0 aliphatic carbocycles. The third-order valence-electron chi connectivity index (χ3n) is 3.97. The summed E-state index contributed by atoms with van der Waals surface area (Å²) in [5.74, 6) is -0.753. The second kappa shape index (κ2) is 6.71. The Labute approximate surface area is 151 Å². The number of hydrogen-bond acceptors (Lipinski definition) is 5. The van der Waals surface area contributed by atoms with E-state index in [1.165, 1.54) is 29.1 Å². The van der Waals surface area contributed by atoms with Crippen molar-refractivity contribution in [2.75, 3.05) is 5.73 Å². The molecule has 0 saturated carbocycles. The number of ether oxygens (including phenoxy) is 1. The normalized spacial score (nSPS) is 11.6. The Hall–Kier alpha value is -3.43. The van der Waals surface area contributed by atoms with E-state index >= 15 is 0 Å². The van der Waals surface area contributed by atoms with Crippen LogP contribution in [0.15, 0.2) is 47.5 Å². The van der Waals surface area contributed by atoms with E-state index in [-0.39, 0.29) is 23.8 Å². The van der Waals surface area contributed by atoms with Crippen LogP contribution in [-0.2, 0) is 6.54 Å². The summed E-state index contributed by atoms with van der Waals surface area (Å²) in [5.41, 5.74) is 6.78. The van der Waals surface area contributed by atoms with E-state index in [9.17, 15) is 23.1 Å². The van der Waals surface area contributed by atoms with Gasteiger partial charge in [0.2, 0.25) is 5.88 Å². The summed E-state index contributed by atoms with van der Waals surface area (Å²) in [4.78, 5) is 16.6. The van der Waals surface area contributed by atoms with E-state index in [2.05, 4.69) is 9.72 Å². The van der Waals surface area contributed by atoms with Crippen molar-refractivity contribution in [3.8, 4) is 17.3 Å².